The molecule has 0 spiro atoms. The average molecular weight is 260 g/mol. The summed E-state index contributed by atoms with van der Waals surface area (Å²) in [6.45, 7) is 5.06. The molecule has 0 aromatic carbocycles. The van der Waals surface area contributed by atoms with Crippen LogP contribution in [0.4, 0.5) is 0 Å². The highest BCUT2D eigenvalue weighted by molar-refractivity contribution is 8.00. The van der Waals surface area contributed by atoms with E-state index in [0.717, 1.165) is 31.4 Å². The van der Waals surface area contributed by atoms with Crippen molar-refractivity contribution in [3.63, 3.8) is 0 Å². The molecule has 16 heavy (non-hydrogen) atoms. The molecule has 0 aromatic rings. The lowest BCUT2D eigenvalue weighted by Crippen LogP contribution is -2.50. The summed E-state index contributed by atoms with van der Waals surface area (Å²) >= 11 is 6.15. The van der Waals surface area contributed by atoms with E-state index in [1.54, 1.807) is 0 Å². The lowest BCUT2D eigenvalue weighted by molar-refractivity contribution is -0.130. The van der Waals surface area contributed by atoms with Crippen molar-refractivity contribution in [1.29, 1.82) is 0 Å². The molecule has 2 heterocycles. The van der Waals surface area contributed by atoms with Crippen LogP contribution in [0, 0.1) is 0 Å². The number of amides is 1. The zero-order chi connectivity index (χ0) is 11.4. The Morgan fingerprint density at radius 1 is 1.31 bits per heavy atom. The van der Waals surface area contributed by atoms with Gasteiger partial charge in [-0.1, -0.05) is 0 Å². The molecule has 0 aliphatic carbocycles. The van der Waals surface area contributed by atoms with E-state index in [2.05, 4.69) is 29.3 Å². The summed E-state index contributed by atoms with van der Waals surface area (Å²) in [5.74, 6) is 1.86. The molecule has 2 aliphatic rings. The maximum Gasteiger partial charge on any atom is 0.232 e. The Hall–Kier alpha value is 0.130. The molecule has 2 rings (SSSR count). The fourth-order valence-corrected chi connectivity index (χ4v) is 3.87. The van der Waals surface area contributed by atoms with Crippen LogP contribution in [0.1, 0.15) is 12.8 Å². The maximum absolute atomic E-state index is 11.4. The molecule has 5 heteroatoms. The molecule has 0 aromatic heterocycles. The number of carbonyl (C=O) groups excluding carboxylic acids is 1. The number of hydrogen-bond donors (Lipinski definition) is 1. The van der Waals surface area contributed by atoms with E-state index in [9.17, 15) is 4.79 Å². The molecule has 1 atom stereocenters. The van der Waals surface area contributed by atoms with Crippen LogP contribution in [0.3, 0.4) is 0 Å². The first-order valence-corrected chi connectivity index (χ1v) is 7.70. The Morgan fingerprint density at radius 2 is 2.06 bits per heavy atom. The lowest BCUT2D eigenvalue weighted by Gasteiger charge is -2.35. The van der Waals surface area contributed by atoms with Gasteiger partial charge >= 0.3 is 0 Å². The third-order valence-electron chi connectivity index (χ3n) is 3.35. The van der Waals surface area contributed by atoms with Crippen molar-refractivity contribution in [1.82, 2.24) is 9.80 Å². The van der Waals surface area contributed by atoms with Crippen molar-refractivity contribution in [2.24, 2.45) is 0 Å². The molecule has 92 valence electrons. The van der Waals surface area contributed by atoms with Crippen LogP contribution >= 0.6 is 24.4 Å². The topological polar surface area (TPSA) is 23.6 Å². The Labute approximate surface area is 107 Å². The number of hydrogen-bond acceptors (Lipinski definition) is 4. The van der Waals surface area contributed by atoms with E-state index in [1.807, 2.05) is 4.90 Å². The Balaban J connectivity index is 1.70. The van der Waals surface area contributed by atoms with Gasteiger partial charge in [-0.15, -0.1) is 0 Å². The first-order chi connectivity index (χ1) is 7.79. The standard InChI is InChI=1S/C11H20N2OS2/c14-11(9-15)13-5-3-12(4-6-13)8-10-2-1-7-16-10/h10,15H,1-9H2. The molecule has 1 unspecified atom stereocenters. The van der Waals surface area contributed by atoms with Crippen molar-refractivity contribution >= 4 is 30.3 Å². The Bertz CT molecular complexity index is 236. The van der Waals surface area contributed by atoms with Gasteiger partial charge in [0.1, 0.15) is 0 Å². The third kappa shape index (κ3) is 3.31. The average Bonchev–Trinajstić information content (AvgIpc) is 2.82. The number of rotatable bonds is 3. The summed E-state index contributed by atoms with van der Waals surface area (Å²) in [7, 11) is 0. The van der Waals surface area contributed by atoms with E-state index in [1.165, 1.54) is 25.1 Å². The van der Waals surface area contributed by atoms with Gasteiger partial charge in [0.05, 0.1) is 5.75 Å². The summed E-state index contributed by atoms with van der Waals surface area (Å²) in [4.78, 5) is 15.9. The number of piperazine rings is 1. The van der Waals surface area contributed by atoms with Crippen LogP contribution < -0.4 is 0 Å². The highest BCUT2D eigenvalue weighted by atomic mass is 32.2. The first kappa shape index (κ1) is 12.6. The summed E-state index contributed by atoms with van der Waals surface area (Å²) in [6, 6.07) is 0. The van der Waals surface area contributed by atoms with Gasteiger partial charge in [0.15, 0.2) is 0 Å². The molecule has 2 aliphatic heterocycles. The maximum atomic E-state index is 11.4. The fourth-order valence-electron chi connectivity index (χ4n) is 2.36. The monoisotopic (exact) mass is 260 g/mol. The zero-order valence-electron chi connectivity index (χ0n) is 9.60. The van der Waals surface area contributed by atoms with Crippen molar-refractivity contribution in [2.75, 3.05) is 44.2 Å². The van der Waals surface area contributed by atoms with Gasteiger partial charge in [-0.2, -0.15) is 24.4 Å². The van der Waals surface area contributed by atoms with Crippen molar-refractivity contribution < 1.29 is 4.79 Å². The van der Waals surface area contributed by atoms with Crippen LogP contribution in [-0.4, -0.2) is 65.2 Å². The van der Waals surface area contributed by atoms with Gasteiger partial charge in [0, 0.05) is 38.0 Å². The third-order valence-corrected chi connectivity index (χ3v) is 5.00. The van der Waals surface area contributed by atoms with Crippen molar-refractivity contribution in [2.45, 2.75) is 18.1 Å². The number of thiol groups is 1. The predicted molar refractivity (Wildman–Crippen MR) is 72.4 cm³/mol. The normalized spacial score (nSPS) is 27.3. The van der Waals surface area contributed by atoms with Gasteiger partial charge in [0.25, 0.3) is 0 Å². The molecule has 1 amide bonds. The van der Waals surface area contributed by atoms with Crippen molar-refractivity contribution in [3.05, 3.63) is 0 Å². The first-order valence-electron chi connectivity index (χ1n) is 6.02. The van der Waals surface area contributed by atoms with E-state index in [-0.39, 0.29) is 5.91 Å². The quantitative estimate of drug-likeness (QED) is 0.765. The van der Waals surface area contributed by atoms with Gasteiger partial charge < -0.3 is 4.90 Å². The van der Waals surface area contributed by atoms with Crippen LogP contribution in [0.5, 0.6) is 0 Å². The summed E-state index contributed by atoms with van der Waals surface area (Å²) in [6.07, 6.45) is 2.76. The predicted octanol–water partition coefficient (Wildman–Crippen LogP) is 0.956. The highest BCUT2D eigenvalue weighted by Crippen LogP contribution is 2.26. The number of carbonyl (C=O) groups is 1. The van der Waals surface area contributed by atoms with Gasteiger partial charge in [0.2, 0.25) is 5.91 Å². The largest absolute Gasteiger partial charge is 0.339 e. The zero-order valence-corrected chi connectivity index (χ0v) is 11.3. The van der Waals surface area contributed by atoms with Crippen LogP contribution in [-0.2, 0) is 4.79 Å². The van der Waals surface area contributed by atoms with Crippen LogP contribution in [0.15, 0.2) is 0 Å². The Kier molecular flexibility index (Phi) is 4.85. The fraction of sp³-hybridized carbons (Fsp3) is 0.909. The smallest absolute Gasteiger partial charge is 0.232 e. The number of nitrogens with zero attached hydrogens (tertiary/aromatic N) is 2. The lowest BCUT2D eigenvalue weighted by atomic mass is 10.2. The van der Waals surface area contributed by atoms with Gasteiger partial charge in [-0.05, 0) is 18.6 Å². The van der Waals surface area contributed by atoms with E-state index in [0.29, 0.717) is 5.75 Å². The minimum Gasteiger partial charge on any atom is -0.339 e. The van der Waals surface area contributed by atoms with Crippen LogP contribution in [0.25, 0.3) is 0 Å². The Morgan fingerprint density at radius 3 is 2.62 bits per heavy atom. The number of thioether (sulfide) groups is 1. The molecule has 2 saturated heterocycles. The molecular formula is C11H20N2OS2. The summed E-state index contributed by atoms with van der Waals surface area (Å²) in [5, 5.41) is 0.840. The molecule has 2 fully saturated rings. The molecule has 0 radical (unpaired) electrons. The van der Waals surface area contributed by atoms with Gasteiger partial charge in [-0.3, -0.25) is 9.69 Å². The summed E-state index contributed by atoms with van der Waals surface area (Å²) < 4.78 is 0. The van der Waals surface area contributed by atoms with Crippen molar-refractivity contribution in [3.8, 4) is 0 Å². The molecular weight excluding hydrogens is 240 g/mol. The molecule has 3 nitrogen and oxygen atoms in total. The van der Waals surface area contributed by atoms with Crippen LogP contribution in [0.2, 0.25) is 0 Å². The molecule has 0 N–H and O–H groups in total. The SMILES string of the molecule is O=C(CS)N1CCN(CC2CCCS2)CC1. The second-order valence-corrected chi connectivity index (χ2v) is 6.20. The minimum absolute atomic E-state index is 0.179. The molecule has 0 saturated carbocycles. The van der Waals surface area contributed by atoms with E-state index >= 15 is 0 Å². The van der Waals surface area contributed by atoms with E-state index in [4.69, 9.17) is 0 Å². The molecule has 0 bridgehead atoms. The second-order valence-electron chi connectivity index (χ2n) is 4.47. The highest BCUT2D eigenvalue weighted by Gasteiger charge is 2.23. The second kappa shape index (κ2) is 6.17. The summed E-state index contributed by atoms with van der Waals surface area (Å²) in [5.41, 5.74) is 0. The minimum atomic E-state index is 0.179. The van der Waals surface area contributed by atoms with E-state index < -0.39 is 0 Å². The van der Waals surface area contributed by atoms with Gasteiger partial charge in [-0.25, -0.2) is 0 Å².